The van der Waals surface area contributed by atoms with Crippen LogP contribution < -0.4 is 0 Å². The highest BCUT2D eigenvalue weighted by atomic mass is 16.7. The van der Waals surface area contributed by atoms with Gasteiger partial charge >= 0.3 is 6.16 Å². The molecule has 0 aromatic heterocycles. The summed E-state index contributed by atoms with van der Waals surface area (Å²) in [5.41, 5.74) is 0. The largest absolute Gasteiger partial charge is 0.508 e. The summed E-state index contributed by atoms with van der Waals surface area (Å²) in [6.45, 7) is 13.4. The van der Waals surface area contributed by atoms with Crippen LogP contribution in [0.2, 0.25) is 0 Å². The van der Waals surface area contributed by atoms with E-state index in [1.807, 2.05) is 0 Å². The van der Waals surface area contributed by atoms with Crippen molar-refractivity contribution in [3.8, 4) is 0 Å². The third-order valence-electron chi connectivity index (χ3n) is 6.56. The Labute approximate surface area is 189 Å². The van der Waals surface area contributed by atoms with Gasteiger partial charge in [0.2, 0.25) is 0 Å². The molecule has 3 heteroatoms. The van der Waals surface area contributed by atoms with Gasteiger partial charge in [0.05, 0.1) is 0 Å². The molecule has 0 N–H and O–H groups in total. The van der Waals surface area contributed by atoms with Gasteiger partial charge in [-0.1, -0.05) is 119 Å². The van der Waals surface area contributed by atoms with E-state index in [0.29, 0.717) is 11.8 Å². The van der Waals surface area contributed by atoms with Gasteiger partial charge in [0.25, 0.3) is 0 Å². The Bertz CT molecular complexity index is 348. The highest BCUT2D eigenvalue weighted by Gasteiger charge is 2.23. The van der Waals surface area contributed by atoms with Crippen LogP contribution in [-0.4, -0.2) is 18.4 Å². The smallest absolute Gasteiger partial charge is 0.431 e. The summed E-state index contributed by atoms with van der Waals surface area (Å²) >= 11 is 0. The van der Waals surface area contributed by atoms with Crippen LogP contribution >= 0.6 is 0 Å². The van der Waals surface area contributed by atoms with E-state index < -0.39 is 6.16 Å². The second-order valence-electron chi connectivity index (χ2n) is 9.32. The van der Waals surface area contributed by atoms with Gasteiger partial charge < -0.3 is 9.47 Å². The molecule has 3 nitrogen and oxygen atoms in total. The van der Waals surface area contributed by atoms with Crippen molar-refractivity contribution in [1.82, 2.24) is 0 Å². The maximum absolute atomic E-state index is 12.7. The van der Waals surface area contributed by atoms with Crippen LogP contribution in [0.1, 0.15) is 144 Å². The lowest BCUT2D eigenvalue weighted by molar-refractivity contribution is -0.0193. The topological polar surface area (TPSA) is 35.5 Å². The lowest BCUT2D eigenvalue weighted by Gasteiger charge is -2.26. The molecule has 4 atom stereocenters. The minimum absolute atomic E-state index is 0.00754. The highest BCUT2D eigenvalue weighted by molar-refractivity contribution is 5.60. The van der Waals surface area contributed by atoms with Gasteiger partial charge in [-0.15, -0.1) is 0 Å². The van der Waals surface area contributed by atoms with Crippen LogP contribution in [0.3, 0.4) is 0 Å². The summed E-state index contributed by atoms with van der Waals surface area (Å²) < 4.78 is 11.8. The zero-order chi connectivity index (χ0) is 22.6. The second-order valence-corrected chi connectivity index (χ2v) is 9.32. The van der Waals surface area contributed by atoms with E-state index in [0.717, 1.165) is 64.2 Å². The normalized spacial score (nSPS) is 15.4. The molecule has 0 bridgehead atoms. The van der Waals surface area contributed by atoms with Crippen molar-refractivity contribution in [2.24, 2.45) is 11.8 Å². The zero-order valence-electron chi connectivity index (χ0n) is 21.3. The van der Waals surface area contributed by atoms with E-state index in [1.165, 1.54) is 38.5 Å². The van der Waals surface area contributed by atoms with Crippen LogP contribution in [0.25, 0.3) is 0 Å². The summed E-state index contributed by atoms with van der Waals surface area (Å²) in [6, 6.07) is 0. The fourth-order valence-electron chi connectivity index (χ4n) is 4.32. The number of hydrogen-bond acceptors (Lipinski definition) is 3. The Hall–Kier alpha value is -0.730. The van der Waals surface area contributed by atoms with E-state index in [1.54, 1.807) is 0 Å². The SMILES string of the molecule is CCCCC(CC)CC(CCCC)OC(=O)OC(CCCC)CC(CC)CCCC. The van der Waals surface area contributed by atoms with E-state index >= 15 is 0 Å². The van der Waals surface area contributed by atoms with E-state index in [-0.39, 0.29) is 12.2 Å². The van der Waals surface area contributed by atoms with Crippen LogP contribution in [0.5, 0.6) is 0 Å². The molecule has 0 aliphatic carbocycles. The quantitative estimate of drug-likeness (QED) is 0.182. The molecule has 0 rings (SSSR count). The van der Waals surface area contributed by atoms with Crippen molar-refractivity contribution in [3.63, 3.8) is 0 Å². The standard InChI is InChI=1S/C27H54O3/c1-7-13-17-23(11-5)21-25(19-15-9-3)29-27(28)30-26(20-16-10-4)22-24(12-6)18-14-8-2/h23-26H,7-22H2,1-6H3. The van der Waals surface area contributed by atoms with Crippen molar-refractivity contribution < 1.29 is 14.3 Å². The van der Waals surface area contributed by atoms with Gasteiger partial charge in [0.1, 0.15) is 12.2 Å². The van der Waals surface area contributed by atoms with Gasteiger partial charge in [-0.2, -0.15) is 0 Å². The average molecular weight is 427 g/mol. The number of carbonyl (C=O) groups is 1. The molecule has 0 heterocycles. The summed E-state index contributed by atoms with van der Waals surface area (Å²) in [7, 11) is 0. The van der Waals surface area contributed by atoms with Gasteiger partial charge in [-0.3, -0.25) is 0 Å². The Morgan fingerprint density at radius 2 is 0.900 bits per heavy atom. The molecule has 4 unspecified atom stereocenters. The molecule has 0 aromatic rings. The number of ether oxygens (including phenoxy) is 2. The minimum Gasteiger partial charge on any atom is -0.431 e. The van der Waals surface area contributed by atoms with Crippen molar-refractivity contribution in [2.45, 2.75) is 156 Å². The fourth-order valence-corrected chi connectivity index (χ4v) is 4.32. The Balaban J connectivity index is 4.86. The third kappa shape index (κ3) is 15.1. The number of unbranched alkanes of at least 4 members (excludes halogenated alkanes) is 4. The predicted molar refractivity (Wildman–Crippen MR) is 130 cm³/mol. The van der Waals surface area contributed by atoms with Gasteiger partial charge in [0.15, 0.2) is 0 Å². The maximum Gasteiger partial charge on any atom is 0.508 e. The molecule has 0 radical (unpaired) electrons. The molecular weight excluding hydrogens is 372 g/mol. The summed E-state index contributed by atoms with van der Waals surface area (Å²) in [5, 5.41) is 0. The zero-order valence-corrected chi connectivity index (χ0v) is 21.3. The predicted octanol–water partition coefficient (Wildman–Crippen LogP) is 9.47. The summed E-state index contributed by atoms with van der Waals surface area (Å²) in [6.07, 6.45) is 17.8. The van der Waals surface area contributed by atoms with Crippen molar-refractivity contribution in [3.05, 3.63) is 0 Å². The second kappa shape index (κ2) is 20.2. The fraction of sp³-hybridized carbons (Fsp3) is 0.963. The monoisotopic (exact) mass is 426 g/mol. The molecule has 30 heavy (non-hydrogen) atoms. The van der Waals surface area contributed by atoms with Gasteiger partial charge in [-0.05, 0) is 37.5 Å². The molecule has 0 amide bonds. The maximum atomic E-state index is 12.7. The molecular formula is C27H54O3. The first-order chi connectivity index (χ1) is 14.5. The average Bonchev–Trinajstić information content (AvgIpc) is 2.75. The van der Waals surface area contributed by atoms with E-state index in [9.17, 15) is 4.79 Å². The first kappa shape index (κ1) is 29.3. The first-order valence-electron chi connectivity index (χ1n) is 13.4. The molecule has 0 aliphatic heterocycles. The Kier molecular flexibility index (Phi) is 19.7. The Morgan fingerprint density at radius 3 is 1.20 bits per heavy atom. The van der Waals surface area contributed by atoms with Crippen molar-refractivity contribution in [2.75, 3.05) is 0 Å². The molecule has 0 saturated heterocycles. The van der Waals surface area contributed by atoms with Crippen LogP contribution in [-0.2, 0) is 9.47 Å². The number of hydrogen-bond donors (Lipinski definition) is 0. The summed E-state index contributed by atoms with van der Waals surface area (Å²) in [4.78, 5) is 12.7. The van der Waals surface area contributed by atoms with Crippen molar-refractivity contribution in [1.29, 1.82) is 0 Å². The van der Waals surface area contributed by atoms with Gasteiger partial charge in [-0.25, -0.2) is 4.79 Å². The highest BCUT2D eigenvalue weighted by Crippen LogP contribution is 2.25. The Morgan fingerprint density at radius 1 is 0.567 bits per heavy atom. The molecule has 180 valence electrons. The minimum atomic E-state index is -0.423. The molecule has 0 saturated carbocycles. The third-order valence-corrected chi connectivity index (χ3v) is 6.56. The number of carbonyl (C=O) groups excluding carboxylic acids is 1. The molecule has 0 aliphatic rings. The number of rotatable bonds is 20. The molecule has 0 aromatic carbocycles. The summed E-state index contributed by atoms with van der Waals surface area (Å²) in [5.74, 6) is 1.29. The molecule has 0 fully saturated rings. The first-order valence-corrected chi connectivity index (χ1v) is 13.4. The van der Waals surface area contributed by atoms with E-state index in [4.69, 9.17) is 9.47 Å². The lowest BCUT2D eigenvalue weighted by atomic mass is 9.91. The van der Waals surface area contributed by atoms with E-state index in [2.05, 4.69) is 41.5 Å². The van der Waals surface area contributed by atoms with Crippen LogP contribution in [0.15, 0.2) is 0 Å². The van der Waals surface area contributed by atoms with Crippen molar-refractivity contribution >= 4 is 6.16 Å². The van der Waals surface area contributed by atoms with Crippen LogP contribution in [0.4, 0.5) is 4.79 Å². The van der Waals surface area contributed by atoms with Gasteiger partial charge in [0, 0.05) is 0 Å². The molecule has 0 spiro atoms. The lowest BCUT2D eigenvalue weighted by Crippen LogP contribution is -2.27. The van der Waals surface area contributed by atoms with Crippen LogP contribution in [0, 0.1) is 11.8 Å².